The van der Waals surface area contributed by atoms with E-state index in [4.69, 9.17) is 16.6 Å². The van der Waals surface area contributed by atoms with E-state index in [1.807, 2.05) is 53.2 Å². The van der Waals surface area contributed by atoms with Crippen molar-refractivity contribution in [3.63, 3.8) is 0 Å². The Hall–Kier alpha value is -3.62. The van der Waals surface area contributed by atoms with Gasteiger partial charge in [0.25, 0.3) is 5.91 Å². The number of thiocarbonyl (C=S) groups is 1. The molecule has 3 heterocycles. The summed E-state index contributed by atoms with van der Waals surface area (Å²) < 4.78 is 7.85. The Balaban J connectivity index is 1.38. The number of rotatable bonds is 9. The molecule has 1 N–H and O–H groups in total. The van der Waals surface area contributed by atoms with Gasteiger partial charge in [-0.05, 0) is 42.2 Å². The van der Waals surface area contributed by atoms with Crippen molar-refractivity contribution in [1.29, 1.82) is 0 Å². The maximum Gasteiger partial charge on any atom is 0.266 e. The molecule has 1 aliphatic rings. The van der Waals surface area contributed by atoms with Gasteiger partial charge in [-0.1, -0.05) is 79.4 Å². The van der Waals surface area contributed by atoms with Crippen LogP contribution < -0.4 is 5.32 Å². The first-order valence-corrected chi connectivity index (χ1v) is 13.4. The number of para-hydroxylation sites is 1. The van der Waals surface area contributed by atoms with Crippen molar-refractivity contribution in [2.45, 2.75) is 32.9 Å². The summed E-state index contributed by atoms with van der Waals surface area (Å²) in [4.78, 5) is 28.3. The Morgan fingerprint density at radius 1 is 1.11 bits per heavy atom. The highest BCUT2D eigenvalue weighted by atomic mass is 32.2. The standard InChI is InChI=1S/C29H27N3O3S2/c1-2-21-10-6-12-24-22(18-31(27(21)24)19-26(33)30-17-23-11-7-15-35-23)16-25-28(34)32(29(36)37-25)14-13-20-8-4-3-5-9-20/h3-12,15-16,18H,2,13-14,17,19H2,1H3,(H,30,33)/b25-16-. The Morgan fingerprint density at radius 3 is 2.70 bits per heavy atom. The molecule has 4 aromatic rings. The summed E-state index contributed by atoms with van der Waals surface area (Å²) >= 11 is 6.88. The SMILES string of the molecule is CCc1cccc2c(/C=C3\SC(=S)N(CCc4ccccc4)C3=O)cn(CC(=O)NCc3ccco3)c12. The summed E-state index contributed by atoms with van der Waals surface area (Å²) in [7, 11) is 0. The van der Waals surface area contributed by atoms with E-state index in [1.54, 1.807) is 17.2 Å². The molecule has 0 saturated carbocycles. The van der Waals surface area contributed by atoms with Gasteiger partial charge in [-0.2, -0.15) is 0 Å². The second-order valence-corrected chi connectivity index (χ2v) is 10.5. The Labute approximate surface area is 225 Å². The normalized spacial score (nSPS) is 14.7. The van der Waals surface area contributed by atoms with Gasteiger partial charge in [0, 0.05) is 23.7 Å². The summed E-state index contributed by atoms with van der Waals surface area (Å²) in [5, 5.41) is 3.92. The predicted octanol–water partition coefficient (Wildman–Crippen LogP) is 5.56. The van der Waals surface area contributed by atoms with Crippen LogP contribution in [0.25, 0.3) is 17.0 Å². The maximum atomic E-state index is 13.3. The molecule has 0 radical (unpaired) electrons. The summed E-state index contributed by atoms with van der Waals surface area (Å²) in [6.07, 6.45) is 7.02. The van der Waals surface area contributed by atoms with Gasteiger partial charge in [-0.15, -0.1) is 0 Å². The summed E-state index contributed by atoms with van der Waals surface area (Å²) in [5.41, 5.74) is 4.21. The van der Waals surface area contributed by atoms with Crippen LogP contribution in [0.1, 0.15) is 29.4 Å². The van der Waals surface area contributed by atoms with Crippen LogP contribution in [-0.4, -0.2) is 32.1 Å². The third-order valence-electron chi connectivity index (χ3n) is 6.37. The van der Waals surface area contributed by atoms with Gasteiger partial charge < -0.3 is 14.3 Å². The van der Waals surface area contributed by atoms with Crippen molar-refractivity contribution in [2.75, 3.05) is 6.54 Å². The number of amides is 2. The van der Waals surface area contributed by atoms with Gasteiger partial charge in [0.15, 0.2) is 0 Å². The van der Waals surface area contributed by atoms with Crippen LogP contribution in [0, 0.1) is 0 Å². The molecule has 0 bridgehead atoms. The molecule has 2 aromatic heterocycles. The topological polar surface area (TPSA) is 67.5 Å². The minimum atomic E-state index is -0.113. The van der Waals surface area contributed by atoms with Crippen LogP contribution in [0.5, 0.6) is 0 Å². The Kier molecular flexibility index (Phi) is 7.58. The van der Waals surface area contributed by atoms with Gasteiger partial charge >= 0.3 is 0 Å². The lowest BCUT2D eigenvalue weighted by atomic mass is 10.1. The monoisotopic (exact) mass is 529 g/mol. The van der Waals surface area contributed by atoms with E-state index >= 15 is 0 Å². The van der Waals surface area contributed by atoms with Crippen molar-refractivity contribution in [3.05, 3.63) is 100 Å². The van der Waals surface area contributed by atoms with E-state index in [1.165, 1.54) is 17.3 Å². The third kappa shape index (κ3) is 5.55. The maximum absolute atomic E-state index is 13.3. The zero-order valence-electron chi connectivity index (χ0n) is 20.5. The summed E-state index contributed by atoms with van der Waals surface area (Å²) in [6.45, 7) is 3.15. The highest BCUT2D eigenvalue weighted by Gasteiger charge is 2.32. The van der Waals surface area contributed by atoms with Gasteiger partial charge in [0.1, 0.15) is 16.6 Å². The van der Waals surface area contributed by atoms with Gasteiger partial charge in [-0.3, -0.25) is 14.5 Å². The summed E-state index contributed by atoms with van der Waals surface area (Å²) in [6, 6.07) is 19.8. The number of aromatic nitrogens is 1. The van der Waals surface area contributed by atoms with Crippen LogP contribution in [-0.2, 0) is 35.5 Å². The van der Waals surface area contributed by atoms with E-state index in [0.29, 0.717) is 28.1 Å². The van der Waals surface area contributed by atoms with E-state index < -0.39 is 0 Å². The molecule has 0 unspecified atom stereocenters. The number of nitrogens with zero attached hydrogens (tertiary/aromatic N) is 2. The molecule has 0 aliphatic carbocycles. The van der Waals surface area contributed by atoms with E-state index in [2.05, 4.69) is 30.4 Å². The van der Waals surface area contributed by atoms with Crippen LogP contribution in [0.2, 0.25) is 0 Å². The number of fused-ring (bicyclic) bond motifs is 1. The molecule has 1 fully saturated rings. The molecule has 188 valence electrons. The zero-order valence-corrected chi connectivity index (χ0v) is 22.1. The highest BCUT2D eigenvalue weighted by molar-refractivity contribution is 8.26. The van der Waals surface area contributed by atoms with Crippen molar-refractivity contribution in [3.8, 4) is 0 Å². The first-order valence-electron chi connectivity index (χ1n) is 12.2. The molecular formula is C29H27N3O3S2. The number of benzene rings is 2. The number of thioether (sulfide) groups is 1. The predicted molar refractivity (Wildman–Crippen MR) is 152 cm³/mol. The van der Waals surface area contributed by atoms with Gasteiger partial charge in [0.05, 0.1) is 23.2 Å². The molecule has 37 heavy (non-hydrogen) atoms. The molecule has 5 rings (SSSR count). The fourth-order valence-corrected chi connectivity index (χ4v) is 5.82. The minimum Gasteiger partial charge on any atom is -0.467 e. The largest absolute Gasteiger partial charge is 0.467 e. The number of hydrogen-bond acceptors (Lipinski definition) is 5. The molecule has 0 atom stereocenters. The first-order chi connectivity index (χ1) is 18.0. The van der Waals surface area contributed by atoms with Crippen molar-refractivity contribution in [2.24, 2.45) is 0 Å². The molecule has 6 nitrogen and oxygen atoms in total. The fourth-order valence-electron chi connectivity index (χ4n) is 4.52. The molecule has 2 amide bonds. The number of aryl methyl sites for hydroxylation is 1. The fraction of sp³-hybridized carbons (Fsp3) is 0.207. The molecule has 2 aromatic carbocycles. The van der Waals surface area contributed by atoms with Crippen molar-refractivity contribution >= 4 is 57.1 Å². The van der Waals surface area contributed by atoms with E-state index in [9.17, 15) is 9.59 Å². The minimum absolute atomic E-state index is 0.0744. The number of furan rings is 1. The number of carbonyl (C=O) groups excluding carboxylic acids is 2. The van der Waals surface area contributed by atoms with Crippen molar-refractivity contribution < 1.29 is 14.0 Å². The second-order valence-electron chi connectivity index (χ2n) is 8.80. The van der Waals surface area contributed by atoms with E-state index in [0.717, 1.165) is 34.9 Å². The number of carbonyl (C=O) groups is 2. The molecule has 8 heteroatoms. The molecular weight excluding hydrogens is 502 g/mol. The molecule has 1 saturated heterocycles. The molecule has 1 aliphatic heterocycles. The van der Waals surface area contributed by atoms with Crippen LogP contribution in [0.15, 0.2) is 82.4 Å². The highest BCUT2D eigenvalue weighted by Crippen LogP contribution is 2.35. The Morgan fingerprint density at radius 2 is 1.95 bits per heavy atom. The first kappa shape index (κ1) is 25.0. The Bertz CT molecular complexity index is 1470. The lowest BCUT2D eigenvalue weighted by Crippen LogP contribution is -2.30. The van der Waals surface area contributed by atoms with Crippen LogP contribution in [0.4, 0.5) is 0 Å². The second kappa shape index (κ2) is 11.2. The molecule has 0 spiro atoms. The number of hydrogen-bond donors (Lipinski definition) is 1. The average Bonchev–Trinajstić information content (AvgIpc) is 3.62. The average molecular weight is 530 g/mol. The van der Waals surface area contributed by atoms with E-state index in [-0.39, 0.29) is 18.4 Å². The smallest absolute Gasteiger partial charge is 0.266 e. The van der Waals surface area contributed by atoms with Crippen LogP contribution >= 0.6 is 24.0 Å². The van der Waals surface area contributed by atoms with Crippen molar-refractivity contribution in [1.82, 2.24) is 14.8 Å². The lowest BCUT2D eigenvalue weighted by molar-refractivity contribution is -0.122. The number of nitrogens with one attached hydrogen (secondary N) is 1. The third-order valence-corrected chi connectivity index (χ3v) is 7.75. The quantitative estimate of drug-likeness (QED) is 0.227. The van der Waals surface area contributed by atoms with Gasteiger partial charge in [-0.25, -0.2) is 0 Å². The lowest BCUT2D eigenvalue weighted by Gasteiger charge is -2.14. The summed E-state index contributed by atoms with van der Waals surface area (Å²) in [5.74, 6) is 0.516. The van der Waals surface area contributed by atoms with Gasteiger partial charge in [0.2, 0.25) is 5.91 Å². The van der Waals surface area contributed by atoms with Crippen LogP contribution in [0.3, 0.4) is 0 Å². The zero-order chi connectivity index (χ0) is 25.8.